The molecule has 2 aromatic heterocycles. The summed E-state index contributed by atoms with van der Waals surface area (Å²) in [5.74, 6) is 0.122. The number of hydrogen-bond acceptors (Lipinski definition) is 7. The highest BCUT2D eigenvalue weighted by Crippen LogP contribution is 2.34. The standard InChI is InChI=1S/C20H24ClN5O3S/c1-24-13-14(18(23-24)28-2)19(27)26(8-4-7-25-9-11-29-12-10-25)20-22-17-15(21)5-3-6-16(17)30-20/h3,5-6,13H,4,7-12H2,1-2H3. The minimum Gasteiger partial charge on any atom is -0.479 e. The predicted molar refractivity (Wildman–Crippen MR) is 118 cm³/mol. The number of rotatable bonds is 7. The molecule has 0 atom stereocenters. The highest BCUT2D eigenvalue weighted by molar-refractivity contribution is 7.22. The number of ether oxygens (including phenoxy) is 2. The summed E-state index contributed by atoms with van der Waals surface area (Å²) in [4.78, 5) is 22.2. The van der Waals surface area contributed by atoms with Gasteiger partial charge in [0.2, 0.25) is 5.88 Å². The topological polar surface area (TPSA) is 72.7 Å². The number of aromatic nitrogens is 3. The molecule has 1 fully saturated rings. The number of anilines is 1. The number of amides is 1. The molecule has 160 valence electrons. The van der Waals surface area contributed by atoms with Gasteiger partial charge >= 0.3 is 0 Å². The van der Waals surface area contributed by atoms with Crippen LogP contribution in [0.1, 0.15) is 16.8 Å². The van der Waals surface area contributed by atoms with E-state index in [0.29, 0.717) is 33.7 Å². The zero-order chi connectivity index (χ0) is 21.1. The van der Waals surface area contributed by atoms with Crippen LogP contribution in [-0.4, -0.2) is 72.1 Å². The number of carbonyl (C=O) groups excluding carboxylic acids is 1. The van der Waals surface area contributed by atoms with Crippen LogP contribution < -0.4 is 9.64 Å². The summed E-state index contributed by atoms with van der Waals surface area (Å²) in [6, 6.07) is 5.66. The number of nitrogens with zero attached hydrogens (tertiary/aromatic N) is 5. The first kappa shape index (κ1) is 21.0. The second-order valence-corrected chi connectivity index (χ2v) is 8.49. The van der Waals surface area contributed by atoms with Crippen LogP contribution >= 0.6 is 22.9 Å². The van der Waals surface area contributed by atoms with Gasteiger partial charge in [-0.2, -0.15) is 0 Å². The summed E-state index contributed by atoms with van der Waals surface area (Å²) >= 11 is 7.77. The van der Waals surface area contributed by atoms with Crippen molar-refractivity contribution in [3.63, 3.8) is 0 Å². The van der Waals surface area contributed by atoms with Crippen molar-refractivity contribution in [2.24, 2.45) is 7.05 Å². The Morgan fingerprint density at radius 1 is 1.37 bits per heavy atom. The second kappa shape index (κ2) is 9.30. The van der Waals surface area contributed by atoms with E-state index in [1.165, 1.54) is 18.4 Å². The maximum Gasteiger partial charge on any atom is 0.267 e. The van der Waals surface area contributed by atoms with Crippen LogP contribution in [0.3, 0.4) is 0 Å². The number of para-hydroxylation sites is 1. The van der Waals surface area contributed by atoms with Crippen LogP contribution in [0.4, 0.5) is 5.13 Å². The average molecular weight is 450 g/mol. The summed E-state index contributed by atoms with van der Waals surface area (Å²) < 4.78 is 13.2. The molecule has 3 heterocycles. The molecule has 10 heteroatoms. The van der Waals surface area contributed by atoms with Gasteiger partial charge in [0.05, 0.1) is 30.0 Å². The molecule has 0 radical (unpaired) electrons. The van der Waals surface area contributed by atoms with Crippen molar-refractivity contribution < 1.29 is 14.3 Å². The third-order valence-corrected chi connectivity index (χ3v) is 6.36. The highest BCUT2D eigenvalue weighted by Gasteiger charge is 2.26. The van der Waals surface area contributed by atoms with E-state index >= 15 is 0 Å². The molecule has 30 heavy (non-hydrogen) atoms. The molecule has 1 amide bonds. The third kappa shape index (κ3) is 4.44. The molecule has 0 spiro atoms. The quantitative estimate of drug-likeness (QED) is 0.552. The zero-order valence-electron chi connectivity index (χ0n) is 17.0. The van der Waals surface area contributed by atoms with Gasteiger partial charge in [-0.25, -0.2) is 4.98 Å². The number of aryl methyl sites for hydroxylation is 1. The van der Waals surface area contributed by atoms with Gasteiger partial charge < -0.3 is 9.47 Å². The largest absolute Gasteiger partial charge is 0.479 e. The molecule has 0 unspecified atom stereocenters. The van der Waals surface area contributed by atoms with Crippen LogP contribution in [-0.2, 0) is 11.8 Å². The molecule has 3 aromatic rings. The van der Waals surface area contributed by atoms with Crippen molar-refractivity contribution >= 4 is 44.2 Å². The highest BCUT2D eigenvalue weighted by atomic mass is 35.5. The van der Waals surface area contributed by atoms with Gasteiger partial charge in [0.25, 0.3) is 5.91 Å². The smallest absolute Gasteiger partial charge is 0.267 e. The van der Waals surface area contributed by atoms with E-state index < -0.39 is 0 Å². The molecule has 0 N–H and O–H groups in total. The molecule has 0 saturated carbocycles. The molecule has 0 aliphatic carbocycles. The minimum absolute atomic E-state index is 0.183. The van der Waals surface area contributed by atoms with Gasteiger partial charge in [-0.05, 0) is 18.6 Å². The number of methoxy groups -OCH3 is 1. The second-order valence-electron chi connectivity index (χ2n) is 7.07. The number of fused-ring (bicyclic) bond motifs is 1. The van der Waals surface area contributed by atoms with Gasteiger partial charge in [-0.1, -0.05) is 29.0 Å². The minimum atomic E-state index is -0.183. The number of morpholine rings is 1. The lowest BCUT2D eigenvalue weighted by Crippen LogP contribution is -2.39. The van der Waals surface area contributed by atoms with Crippen molar-refractivity contribution in [2.45, 2.75) is 6.42 Å². The summed E-state index contributed by atoms with van der Waals surface area (Å²) in [7, 11) is 3.28. The van der Waals surface area contributed by atoms with Crippen molar-refractivity contribution in [1.29, 1.82) is 0 Å². The van der Waals surface area contributed by atoms with Crippen LogP contribution in [0.5, 0.6) is 5.88 Å². The van der Waals surface area contributed by atoms with Gasteiger partial charge in [0.15, 0.2) is 5.13 Å². The molecular weight excluding hydrogens is 426 g/mol. The van der Waals surface area contributed by atoms with E-state index in [4.69, 9.17) is 21.1 Å². The molecule has 4 rings (SSSR count). The van der Waals surface area contributed by atoms with E-state index in [1.807, 2.05) is 18.2 Å². The van der Waals surface area contributed by atoms with Crippen LogP contribution in [0, 0.1) is 0 Å². The van der Waals surface area contributed by atoms with E-state index in [2.05, 4.69) is 15.0 Å². The number of halogens is 1. The molecule has 1 aliphatic heterocycles. The number of hydrogen-bond donors (Lipinski definition) is 0. The van der Waals surface area contributed by atoms with Gasteiger partial charge in [-0.3, -0.25) is 19.3 Å². The van der Waals surface area contributed by atoms with E-state index in [-0.39, 0.29) is 5.91 Å². The zero-order valence-corrected chi connectivity index (χ0v) is 18.6. The summed E-state index contributed by atoms with van der Waals surface area (Å²) in [6.07, 6.45) is 2.49. The van der Waals surface area contributed by atoms with Crippen molar-refractivity contribution in [1.82, 2.24) is 19.7 Å². The van der Waals surface area contributed by atoms with Gasteiger partial charge in [0, 0.05) is 39.4 Å². The molecule has 1 aromatic carbocycles. The Kier molecular flexibility index (Phi) is 6.52. The summed E-state index contributed by atoms with van der Waals surface area (Å²) in [5.41, 5.74) is 1.13. The number of carbonyl (C=O) groups is 1. The van der Waals surface area contributed by atoms with Gasteiger partial charge in [0.1, 0.15) is 11.1 Å². The van der Waals surface area contributed by atoms with E-state index in [1.54, 1.807) is 22.8 Å². The van der Waals surface area contributed by atoms with Crippen LogP contribution in [0.25, 0.3) is 10.2 Å². The average Bonchev–Trinajstić information content (AvgIpc) is 3.35. The van der Waals surface area contributed by atoms with Crippen LogP contribution in [0.15, 0.2) is 24.4 Å². The lowest BCUT2D eigenvalue weighted by Gasteiger charge is -2.27. The molecule has 8 nitrogen and oxygen atoms in total. The lowest BCUT2D eigenvalue weighted by molar-refractivity contribution is 0.0376. The first-order valence-corrected chi connectivity index (χ1v) is 11.0. The number of thiazole rings is 1. The Morgan fingerprint density at radius 2 is 2.17 bits per heavy atom. The van der Waals surface area contributed by atoms with Crippen LogP contribution in [0.2, 0.25) is 5.02 Å². The summed E-state index contributed by atoms with van der Waals surface area (Å²) in [5, 5.41) is 5.42. The number of benzene rings is 1. The molecule has 0 bridgehead atoms. The first-order chi connectivity index (χ1) is 14.6. The fraction of sp³-hybridized carbons (Fsp3) is 0.450. The normalized spacial score (nSPS) is 14.9. The maximum atomic E-state index is 13.5. The molecule has 1 saturated heterocycles. The lowest BCUT2D eigenvalue weighted by atomic mass is 10.2. The van der Waals surface area contributed by atoms with Crippen molar-refractivity contribution in [2.75, 3.05) is 51.4 Å². The fourth-order valence-electron chi connectivity index (χ4n) is 3.49. The third-order valence-electron chi connectivity index (χ3n) is 5.01. The Balaban J connectivity index is 1.61. The Labute approximate surface area is 183 Å². The summed E-state index contributed by atoms with van der Waals surface area (Å²) in [6.45, 7) is 4.77. The SMILES string of the molecule is COc1nn(C)cc1C(=O)N(CCCN1CCOCC1)c1nc2c(Cl)cccc2s1. The predicted octanol–water partition coefficient (Wildman–Crippen LogP) is 3.06. The molecule has 1 aliphatic rings. The monoisotopic (exact) mass is 449 g/mol. The maximum absolute atomic E-state index is 13.5. The first-order valence-electron chi connectivity index (χ1n) is 9.81. The Bertz CT molecular complexity index is 1030. The Morgan fingerprint density at radius 3 is 2.90 bits per heavy atom. The Hall–Kier alpha value is -2.20. The molecular formula is C20H24ClN5O3S. The van der Waals surface area contributed by atoms with Gasteiger partial charge in [-0.15, -0.1) is 5.10 Å². The van der Waals surface area contributed by atoms with E-state index in [0.717, 1.165) is 44.0 Å². The fourth-order valence-corrected chi connectivity index (χ4v) is 4.78. The van der Waals surface area contributed by atoms with Crippen molar-refractivity contribution in [3.8, 4) is 5.88 Å². The van der Waals surface area contributed by atoms with E-state index in [9.17, 15) is 4.79 Å². The van der Waals surface area contributed by atoms with Crippen molar-refractivity contribution in [3.05, 3.63) is 35.0 Å².